The van der Waals surface area contributed by atoms with E-state index in [4.69, 9.17) is 5.73 Å². The predicted molar refractivity (Wildman–Crippen MR) is 58.4 cm³/mol. The van der Waals surface area contributed by atoms with Crippen molar-refractivity contribution >= 4 is 35.0 Å². The minimum Gasteiger partial charge on any atom is -0.378 e. The minimum atomic E-state index is -0.267. The topological polar surface area (TPSA) is 38.4 Å². The summed E-state index contributed by atoms with van der Waals surface area (Å²) in [6, 6.07) is 5.87. The summed E-state index contributed by atoms with van der Waals surface area (Å²) in [6.45, 7) is 0. The Morgan fingerprint density at radius 2 is 1.92 bits per heavy atom. The molecule has 0 bridgehead atoms. The van der Waals surface area contributed by atoms with E-state index in [0.717, 1.165) is 0 Å². The van der Waals surface area contributed by atoms with E-state index in [9.17, 15) is 4.39 Å². The third-order valence-corrected chi connectivity index (χ3v) is 1.78. The first-order chi connectivity index (χ1) is 5.72. The Morgan fingerprint density at radius 3 is 2.38 bits per heavy atom. The molecule has 0 atom stereocenters. The van der Waals surface area contributed by atoms with Crippen LogP contribution in [0.25, 0.3) is 0 Å². The summed E-state index contributed by atoms with van der Waals surface area (Å²) < 4.78 is 12.4. The van der Waals surface area contributed by atoms with Crippen LogP contribution in [0.5, 0.6) is 0 Å². The van der Waals surface area contributed by atoms with Crippen molar-refractivity contribution in [1.82, 2.24) is 0 Å². The van der Waals surface area contributed by atoms with Crippen LogP contribution in [0, 0.1) is 5.82 Å². The normalized spacial score (nSPS) is 10.8. The second-order valence-electron chi connectivity index (χ2n) is 2.13. The summed E-state index contributed by atoms with van der Waals surface area (Å²) in [5, 5.41) is 0.474. The van der Waals surface area contributed by atoms with E-state index in [1.807, 2.05) is 6.26 Å². The van der Waals surface area contributed by atoms with Crippen LogP contribution in [0.2, 0.25) is 0 Å². The van der Waals surface area contributed by atoms with Gasteiger partial charge < -0.3 is 5.73 Å². The van der Waals surface area contributed by atoms with E-state index >= 15 is 0 Å². The molecule has 0 heterocycles. The largest absolute Gasteiger partial charge is 0.378 e. The minimum absolute atomic E-state index is 0. The zero-order valence-electron chi connectivity index (χ0n) is 7.03. The van der Waals surface area contributed by atoms with Gasteiger partial charge in [0.1, 0.15) is 5.82 Å². The van der Waals surface area contributed by atoms with Gasteiger partial charge in [0, 0.05) is 0 Å². The van der Waals surface area contributed by atoms with Crippen molar-refractivity contribution in [2.24, 2.45) is 10.7 Å². The Hall–Kier alpha value is -0.740. The van der Waals surface area contributed by atoms with Crippen LogP contribution in [0.1, 0.15) is 0 Å². The number of benzene rings is 1. The number of rotatable bonds is 1. The average Bonchev–Trinajstić information content (AvgIpc) is 2.09. The fraction of sp³-hybridized carbons (Fsp3) is 0.125. The molecule has 2 N–H and O–H groups in total. The molecule has 0 fully saturated rings. The lowest BCUT2D eigenvalue weighted by Crippen LogP contribution is -2.03. The van der Waals surface area contributed by atoms with Crippen LogP contribution in [0.15, 0.2) is 29.3 Å². The zero-order valence-corrected chi connectivity index (χ0v) is 8.66. The maximum Gasteiger partial charge on any atom is 0.158 e. The molecule has 2 nitrogen and oxygen atoms in total. The first-order valence-corrected chi connectivity index (χ1v) is 4.58. The first-order valence-electron chi connectivity index (χ1n) is 3.36. The summed E-state index contributed by atoms with van der Waals surface area (Å²) in [4.78, 5) is 4.01. The van der Waals surface area contributed by atoms with Gasteiger partial charge in [-0.25, -0.2) is 9.38 Å². The SMILES string of the molecule is CSC(N)=Nc1ccc(F)cc1.Cl. The number of thioether (sulfide) groups is 1. The van der Waals surface area contributed by atoms with Crippen molar-refractivity contribution in [3.8, 4) is 0 Å². The third kappa shape index (κ3) is 4.15. The number of halogens is 2. The van der Waals surface area contributed by atoms with Crippen molar-refractivity contribution in [3.05, 3.63) is 30.1 Å². The third-order valence-electron chi connectivity index (χ3n) is 1.28. The maximum atomic E-state index is 12.4. The molecule has 0 radical (unpaired) electrons. The van der Waals surface area contributed by atoms with Crippen molar-refractivity contribution < 1.29 is 4.39 Å². The highest BCUT2D eigenvalue weighted by molar-refractivity contribution is 8.13. The molecule has 0 aromatic heterocycles. The van der Waals surface area contributed by atoms with Crippen LogP contribution in [-0.4, -0.2) is 11.4 Å². The van der Waals surface area contributed by atoms with Crippen molar-refractivity contribution in [2.75, 3.05) is 6.26 Å². The van der Waals surface area contributed by atoms with Gasteiger partial charge in [-0.2, -0.15) is 0 Å². The van der Waals surface area contributed by atoms with E-state index in [1.165, 1.54) is 23.9 Å². The molecule has 0 aliphatic rings. The van der Waals surface area contributed by atoms with Crippen molar-refractivity contribution in [1.29, 1.82) is 0 Å². The predicted octanol–water partition coefficient (Wildman–Crippen LogP) is 2.56. The Kier molecular flexibility index (Phi) is 5.50. The molecule has 5 heteroatoms. The van der Waals surface area contributed by atoms with Crippen LogP contribution < -0.4 is 5.73 Å². The lowest BCUT2D eigenvalue weighted by molar-refractivity contribution is 0.628. The molecule has 0 amide bonds. The van der Waals surface area contributed by atoms with E-state index in [0.29, 0.717) is 10.9 Å². The lowest BCUT2D eigenvalue weighted by atomic mass is 10.3. The second-order valence-corrected chi connectivity index (χ2v) is 2.96. The van der Waals surface area contributed by atoms with E-state index < -0.39 is 0 Å². The van der Waals surface area contributed by atoms with Crippen molar-refractivity contribution in [3.63, 3.8) is 0 Å². The summed E-state index contributed by atoms with van der Waals surface area (Å²) in [7, 11) is 0. The smallest absolute Gasteiger partial charge is 0.158 e. The molecule has 72 valence electrons. The molecule has 0 spiro atoms. The second kappa shape index (κ2) is 5.83. The average molecular weight is 221 g/mol. The maximum absolute atomic E-state index is 12.4. The monoisotopic (exact) mass is 220 g/mol. The number of aliphatic imine (C=N–C) groups is 1. The Morgan fingerprint density at radius 1 is 1.38 bits per heavy atom. The molecule has 0 aliphatic heterocycles. The molecule has 0 saturated heterocycles. The van der Waals surface area contributed by atoms with Crippen LogP contribution in [-0.2, 0) is 0 Å². The lowest BCUT2D eigenvalue weighted by Gasteiger charge is -1.95. The van der Waals surface area contributed by atoms with Crippen LogP contribution in [0.4, 0.5) is 10.1 Å². The van der Waals surface area contributed by atoms with Crippen molar-refractivity contribution in [2.45, 2.75) is 0 Å². The molecule has 0 aliphatic carbocycles. The first kappa shape index (κ1) is 12.3. The number of hydrogen-bond donors (Lipinski definition) is 1. The highest BCUT2D eigenvalue weighted by Crippen LogP contribution is 2.13. The molecule has 0 unspecified atom stereocenters. The van der Waals surface area contributed by atoms with Gasteiger partial charge in [-0.1, -0.05) is 11.8 Å². The Balaban J connectivity index is 0.00000144. The van der Waals surface area contributed by atoms with E-state index in [2.05, 4.69) is 4.99 Å². The van der Waals surface area contributed by atoms with Gasteiger partial charge >= 0.3 is 0 Å². The fourth-order valence-corrected chi connectivity index (χ4v) is 0.885. The quantitative estimate of drug-likeness (QED) is 0.584. The highest BCUT2D eigenvalue weighted by Gasteiger charge is 1.92. The Labute approximate surface area is 86.8 Å². The summed E-state index contributed by atoms with van der Waals surface area (Å²) in [5.41, 5.74) is 6.13. The number of hydrogen-bond acceptors (Lipinski definition) is 2. The molecular weight excluding hydrogens is 211 g/mol. The molecule has 1 rings (SSSR count). The van der Waals surface area contributed by atoms with E-state index in [1.54, 1.807) is 12.1 Å². The number of nitrogens with two attached hydrogens (primary N) is 1. The van der Waals surface area contributed by atoms with Gasteiger partial charge in [0.05, 0.1) is 5.69 Å². The summed E-state index contributed by atoms with van der Waals surface area (Å²) in [5.74, 6) is -0.267. The summed E-state index contributed by atoms with van der Waals surface area (Å²) >= 11 is 1.36. The fourth-order valence-electron chi connectivity index (χ4n) is 0.689. The van der Waals surface area contributed by atoms with Gasteiger partial charge in [0.15, 0.2) is 5.17 Å². The Bertz CT molecular complexity index is 287. The molecule has 1 aromatic carbocycles. The van der Waals surface area contributed by atoms with Crippen LogP contribution in [0.3, 0.4) is 0 Å². The van der Waals surface area contributed by atoms with E-state index in [-0.39, 0.29) is 18.2 Å². The van der Waals surface area contributed by atoms with Gasteiger partial charge in [0.25, 0.3) is 0 Å². The zero-order chi connectivity index (χ0) is 8.97. The van der Waals surface area contributed by atoms with Gasteiger partial charge in [-0.3, -0.25) is 0 Å². The van der Waals surface area contributed by atoms with Gasteiger partial charge in [-0.15, -0.1) is 12.4 Å². The molecule has 13 heavy (non-hydrogen) atoms. The standard InChI is InChI=1S/C8H9FN2S.ClH/c1-12-8(10)11-7-4-2-6(9)3-5-7;/h2-5H,1H3,(H2,10,11);1H. The molecular formula is C8H10ClFN2S. The number of amidine groups is 1. The number of nitrogens with zero attached hydrogens (tertiary/aromatic N) is 1. The van der Waals surface area contributed by atoms with Gasteiger partial charge in [-0.05, 0) is 30.5 Å². The van der Waals surface area contributed by atoms with Gasteiger partial charge in [0.2, 0.25) is 0 Å². The molecule has 1 aromatic rings. The molecule has 0 saturated carbocycles. The van der Waals surface area contributed by atoms with Crippen LogP contribution >= 0.6 is 24.2 Å². The summed E-state index contributed by atoms with van der Waals surface area (Å²) in [6.07, 6.45) is 1.84. The highest BCUT2D eigenvalue weighted by atomic mass is 35.5.